The fourth-order valence-electron chi connectivity index (χ4n) is 1.71. The zero-order valence-electron chi connectivity index (χ0n) is 9.83. The Morgan fingerprint density at radius 1 is 1.59 bits per heavy atom. The van der Waals surface area contributed by atoms with Gasteiger partial charge in [0.15, 0.2) is 5.82 Å². The Bertz CT molecular complexity index is 599. The van der Waals surface area contributed by atoms with Crippen molar-refractivity contribution in [2.75, 3.05) is 5.73 Å². The molecule has 0 spiro atoms. The number of nitrogens with two attached hydrogens (primary N) is 1. The fourth-order valence-corrected chi connectivity index (χ4v) is 2.25. The van der Waals surface area contributed by atoms with E-state index in [1.54, 1.807) is 10.8 Å². The van der Waals surface area contributed by atoms with Crippen LogP contribution in [0.3, 0.4) is 0 Å². The number of nitrogen functional groups attached to an aromatic ring is 1. The molecule has 0 atom stereocenters. The van der Waals surface area contributed by atoms with Gasteiger partial charge in [0.1, 0.15) is 5.39 Å². The van der Waals surface area contributed by atoms with Gasteiger partial charge in [0.25, 0.3) is 5.56 Å². The van der Waals surface area contributed by atoms with Crippen molar-refractivity contribution in [3.05, 3.63) is 21.0 Å². The van der Waals surface area contributed by atoms with E-state index in [0.29, 0.717) is 23.4 Å². The van der Waals surface area contributed by atoms with Gasteiger partial charge < -0.3 is 10.3 Å². The molecule has 0 aromatic carbocycles. The summed E-state index contributed by atoms with van der Waals surface area (Å²) in [5.74, 6) is 0.808. The summed E-state index contributed by atoms with van der Waals surface area (Å²) in [7, 11) is 0. The third-order valence-corrected chi connectivity index (χ3v) is 3.33. The van der Waals surface area contributed by atoms with Crippen molar-refractivity contribution in [3.63, 3.8) is 0 Å². The normalized spacial score (nSPS) is 11.5. The van der Waals surface area contributed by atoms with Crippen LogP contribution in [-0.2, 0) is 6.54 Å². The highest BCUT2D eigenvalue weighted by Crippen LogP contribution is 2.22. The van der Waals surface area contributed by atoms with Gasteiger partial charge in [0.2, 0.25) is 0 Å². The molecule has 92 valence electrons. The Hall–Kier alpha value is -1.30. The molecule has 0 saturated heterocycles. The highest BCUT2D eigenvalue weighted by Gasteiger charge is 2.12. The fraction of sp³-hybridized carbons (Fsp3) is 0.455. The highest BCUT2D eigenvalue weighted by atomic mass is 79.9. The number of H-pyrrole nitrogens is 1. The van der Waals surface area contributed by atoms with Crippen LogP contribution in [0.2, 0.25) is 0 Å². The minimum atomic E-state index is -0.0879. The van der Waals surface area contributed by atoms with Gasteiger partial charge in [-0.1, -0.05) is 13.8 Å². The van der Waals surface area contributed by atoms with Crippen molar-refractivity contribution in [1.29, 1.82) is 0 Å². The van der Waals surface area contributed by atoms with Crippen LogP contribution in [0.25, 0.3) is 10.9 Å². The van der Waals surface area contributed by atoms with Gasteiger partial charge >= 0.3 is 0 Å². The quantitative estimate of drug-likeness (QED) is 0.911. The molecular formula is C11H15BrN4O. The Kier molecular flexibility index (Phi) is 3.24. The molecule has 2 aromatic rings. The van der Waals surface area contributed by atoms with Crippen molar-refractivity contribution < 1.29 is 0 Å². The monoisotopic (exact) mass is 298 g/mol. The van der Waals surface area contributed by atoms with Crippen LogP contribution in [-0.4, -0.2) is 14.8 Å². The second-order valence-corrected chi connectivity index (χ2v) is 5.37. The van der Waals surface area contributed by atoms with Crippen LogP contribution < -0.4 is 11.3 Å². The first-order valence-electron chi connectivity index (χ1n) is 5.53. The van der Waals surface area contributed by atoms with Crippen molar-refractivity contribution >= 4 is 32.7 Å². The van der Waals surface area contributed by atoms with Crippen molar-refractivity contribution in [2.24, 2.45) is 5.92 Å². The Morgan fingerprint density at radius 3 is 2.94 bits per heavy atom. The number of nitrogens with zero attached hydrogens (tertiary/aromatic N) is 2. The summed E-state index contributed by atoms with van der Waals surface area (Å²) in [5, 5.41) is 7.08. The van der Waals surface area contributed by atoms with E-state index in [1.807, 2.05) is 0 Å². The van der Waals surface area contributed by atoms with Crippen molar-refractivity contribution in [1.82, 2.24) is 14.8 Å². The standard InChI is InChI=1S/C11H15BrN4O/c1-6(2)3-4-16-5-7(12)9-8(11(16)17)10(13)15-14-9/h5-6H,3-4H2,1-2H3,(H3,13,14,15). The largest absolute Gasteiger partial charge is 0.382 e. The number of nitrogens with one attached hydrogen (secondary N) is 1. The number of hydrogen-bond donors (Lipinski definition) is 2. The lowest BCUT2D eigenvalue weighted by Gasteiger charge is -2.08. The summed E-state index contributed by atoms with van der Waals surface area (Å²) in [6.45, 7) is 4.95. The van der Waals surface area contributed by atoms with Crippen LogP contribution in [0.4, 0.5) is 5.82 Å². The summed E-state index contributed by atoms with van der Waals surface area (Å²) >= 11 is 3.42. The lowest BCUT2D eigenvalue weighted by atomic mass is 10.1. The second-order valence-electron chi connectivity index (χ2n) is 4.52. The Balaban J connectivity index is 2.54. The van der Waals surface area contributed by atoms with Crippen LogP contribution in [0, 0.1) is 5.92 Å². The lowest BCUT2D eigenvalue weighted by Crippen LogP contribution is -2.21. The first-order valence-corrected chi connectivity index (χ1v) is 6.32. The first kappa shape index (κ1) is 12.2. The van der Waals surface area contributed by atoms with Crippen LogP contribution in [0.15, 0.2) is 15.5 Å². The van der Waals surface area contributed by atoms with Crippen LogP contribution in [0.1, 0.15) is 20.3 Å². The minimum Gasteiger partial charge on any atom is -0.382 e. The number of aryl methyl sites for hydroxylation is 1. The summed E-state index contributed by atoms with van der Waals surface area (Å²) < 4.78 is 2.48. The molecular weight excluding hydrogens is 284 g/mol. The van der Waals surface area contributed by atoms with Crippen molar-refractivity contribution in [2.45, 2.75) is 26.8 Å². The second kappa shape index (κ2) is 4.52. The number of anilines is 1. The molecule has 0 aliphatic carbocycles. The van der Waals surface area contributed by atoms with Crippen molar-refractivity contribution in [3.8, 4) is 0 Å². The molecule has 17 heavy (non-hydrogen) atoms. The maximum Gasteiger partial charge on any atom is 0.263 e. The average molecular weight is 299 g/mol. The molecule has 0 bridgehead atoms. The lowest BCUT2D eigenvalue weighted by molar-refractivity contribution is 0.509. The van der Waals surface area contributed by atoms with E-state index in [4.69, 9.17) is 5.73 Å². The number of halogens is 1. The third kappa shape index (κ3) is 2.22. The van der Waals surface area contributed by atoms with Gasteiger partial charge in [0.05, 0.1) is 9.99 Å². The molecule has 0 amide bonds. The Labute approximate surface area is 107 Å². The van der Waals surface area contributed by atoms with Gasteiger partial charge in [-0.3, -0.25) is 9.89 Å². The number of rotatable bonds is 3. The molecule has 0 unspecified atom stereocenters. The van der Waals surface area contributed by atoms with Gasteiger partial charge in [-0.15, -0.1) is 0 Å². The molecule has 6 heteroatoms. The maximum atomic E-state index is 12.2. The van der Waals surface area contributed by atoms with E-state index >= 15 is 0 Å². The molecule has 2 rings (SSSR count). The van der Waals surface area contributed by atoms with Gasteiger partial charge in [-0.05, 0) is 28.3 Å². The van der Waals surface area contributed by atoms with Crippen LogP contribution in [0.5, 0.6) is 0 Å². The summed E-state index contributed by atoms with van der Waals surface area (Å²) in [6, 6.07) is 0. The zero-order chi connectivity index (χ0) is 12.6. The molecule has 0 fully saturated rings. The number of aromatic nitrogens is 3. The van der Waals surface area contributed by atoms with E-state index in [2.05, 4.69) is 40.0 Å². The average Bonchev–Trinajstić information content (AvgIpc) is 2.64. The summed E-state index contributed by atoms with van der Waals surface area (Å²) in [4.78, 5) is 12.2. The van der Waals surface area contributed by atoms with Gasteiger partial charge in [0, 0.05) is 12.7 Å². The molecule has 0 radical (unpaired) electrons. The smallest absolute Gasteiger partial charge is 0.263 e. The third-order valence-electron chi connectivity index (χ3n) is 2.72. The van der Waals surface area contributed by atoms with E-state index in [-0.39, 0.29) is 11.4 Å². The maximum absolute atomic E-state index is 12.2. The van der Waals surface area contributed by atoms with E-state index in [9.17, 15) is 4.79 Å². The Morgan fingerprint density at radius 2 is 2.29 bits per heavy atom. The minimum absolute atomic E-state index is 0.0879. The molecule has 2 aromatic heterocycles. The highest BCUT2D eigenvalue weighted by molar-refractivity contribution is 9.10. The molecule has 5 nitrogen and oxygen atoms in total. The number of aromatic amines is 1. The predicted octanol–water partition coefficient (Wildman–Crippen LogP) is 2.12. The summed E-state index contributed by atoms with van der Waals surface area (Å²) in [5.41, 5.74) is 6.27. The summed E-state index contributed by atoms with van der Waals surface area (Å²) in [6.07, 6.45) is 2.74. The number of hydrogen-bond acceptors (Lipinski definition) is 3. The van der Waals surface area contributed by atoms with Gasteiger partial charge in [-0.2, -0.15) is 5.10 Å². The molecule has 0 aliphatic heterocycles. The predicted molar refractivity (Wildman–Crippen MR) is 71.9 cm³/mol. The van der Waals surface area contributed by atoms with Crippen LogP contribution >= 0.6 is 15.9 Å². The SMILES string of the molecule is CC(C)CCn1cc(Br)c2[nH]nc(N)c2c1=O. The van der Waals surface area contributed by atoms with Gasteiger partial charge in [-0.25, -0.2) is 0 Å². The van der Waals surface area contributed by atoms with E-state index < -0.39 is 0 Å². The molecule has 0 saturated carbocycles. The van der Waals surface area contributed by atoms with E-state index in [0.717, 1.165) is 10.9 Å². The number of pyridine rings is 1. The first-order chi connectivity index (χ1) is 8.00. The molecule has 2 heterocycles. The topological polar surface area (TPSA) is 76.7 Å². The van der Waals surface area contributed by atoms with E-state index in [1.165, 1.54) is 0 Å². The molecule has 3 N–H and O–H groups in total. The zero-order valence-corrected chi connectivity index (χ0v) is 11.4. The number of fused-ring (bicyclic) bond motifs is 1. The molecule has 0 aliphatic rings.